The fraction of sp³-hybridized carbons (Fsp3) is 0.640. The highest BCUT2D eigenvalue weighted by Gasteiger charge is 2.33. The zero-order valence-corrected chi connectivity index (χ0v) is 20.5. The Hall–Kier alpha value is -2.62. The first kappa shape index (κ1) is 27.0. The summed E-state index contributed by atoms with van der Waals surface area (Å²) < 4.78 is 38.3. The normalized spacial score (nSPS) is 18.3. The van der Waals surface area contributed by atoms with Gasteiger partial charge in [0.05, 0.1) is 12.1 Å². The Balaban J connectivity index is 1.48. The van der Waals surface area contributed by atoms with Crippen LogP contribution in [0, 0.1) is 5.92 Å². The summed E-state index contributed by atoms with van der Waals surface area (Å²) in [5.74, 6) is -0.285. The second kappa shape index (κ2) is 11.9. The van der Waals surface area contributed by atoms with Gasteiger partial charge in [-0.2, -0.15) is 13.2 Å². The number of rotatable bonds is 6. The van der Waals surface area contributed by atoms with E-state index in [-0.39, 0.29) is 29.2 Å². The van der Waals surface area contributed by atoms with Gasteiger partial charge >= 0.3 is 6.18 Å². The number of hydrogen-bond acceptors (Lipinski definition) is 4. The highest BCUT2D eigenvalue weighted by molar-refractivity contribution is 5.94. The molecule has 0 unspecified atom stereocenters. The van der Waals surface area contributed by atoms with Gasteiger partial charge in [0, 0.05) is 63.8 Å². The van der Waals surface area contributed by atoms with Gasteiger partial charge in [-0.3, -0.25) is 19.3 Å². The summed E-state index contributed by atoms with van der Waals surface area (Å²) in [5, 5.41) is 0. The number of halogens is 3. The third kappa shape index (κ3) is 6.96. The molecule has 1 aromatic rings. The second-order valence-electron chi connectivity index (χ2n) is 9.16. The second-order valence-corrected chi connectivity index (χ2v) is 9.16. The molecule has 7 nitrogen and oxygen atoms in total. The summed E-state index contributed by atoms with van der Waals surface area (Å²) in [6.07, 6.45) is -2.56. The number of hydrogen-bond donors (Lipinski definition) is 0. The number of carbonyl (C=O) groups is 3. The molecule has 0 radical (unpaired) electrons. The van der Waals surface area contributed by atoms with Gasteiger partial charge in [-0.25, -0.2) is 0 Å². The van der Waals surface area contributed by atoms with Crippen molar-refractivity contribution in [3.63, 3.8) is 0 Å². The van der Waals surface area contributed by atoms with Crippen molar-refractivity contribution in [2.24, 2.45) is 5.92 Å². The SMILES string of the molecule is CCN(CC)C(=O)CN1CCCN(C(=O)C2CCN(C(=O)c3ccc(C(F)(F)F)cc3)CC2)CC1. The first-order valence-corrected chi connectivity index (χ1v) is 12.4. The van der Waals surface area contributed by atoms with E-state index in [1.54, 1.807) is 4.90 Å². The van der Waals surface area contributed by atoms with Crippen LogP contribution >= 0.6 is 0 Å². The minimum Gasteiger partial charge on any atom is -0.342 e. The van der Waals surface area contributed by atoms with Crippen molar-refractivity contribution in [2.75, 3.05) is 58.9 Å². The number of likely N-dealkylation sites (N-methyl/N-ethyl adjacent to an activating group) is 1. The summed E-state index contributed by atoms with van der Waals surface area (Å²) in [6.45, 7) is 9.13. The van der Waals surface area contributed by atoms with Crippen molar-refractivity contribution < 1.29 is 27.6 Å². The number of nitrogens with zero attached hydrogens (tertiary/aromatic N) is 4. The topological polar surface area (TPSA) is 64.2 Å². The fourth-order valence-electron chi connectivity index (χ4n) is 4.79. The fourth-order valence-corrected chi connectivity index (χ4v) is 4.79. The van der Waals surface area contributed by atoms with E-state index < -0.39 is 11.7 Å². The standard InChI is InChI=1S/C25H35F3N4O3/c1-3-30(4-2)22(33)18-29-12-5-13-31(17-16-29)24(35)20-10-14-32(15-11-20)23(34)19-6-8-21(9-7-19)25(26,27)28/h6-9,20H,3-5,10-18H2,1-2H3. The minimum atomic E-state index is -4.44. The van der Waals surface area contributed by atoms with Gasteiger partial charge in [0.15, 0.2) is 0 Å². The Bertz CT molecular complexity index is 879. The predicted molar refractivity (Wildman–Crippen MR) is 126 cm³/mol. The van der Waals surface area contributed by atoms with Crippen LogP contribution in [0.3, 0.4) is 0 Å². The van der Waals surface area contributed by atoms with E-state index in [1.165, 1.54) is 12.1 Å². The van der Waals surface area contributed by atoms with Crippen LogP contribution in [0.1, 0.15) is 49.0 Å². The maximum Gasteiger partial charge on any atom is 0.416 e. The van der Waals surface area contributed by atoms with E-state index in [1.807, 2.05) is 23.6 Å². The summed E-state index contributed by atoms with van der Waals surface area (Å²) in [6, 6.07) is 4.25. The molecule has 2 fully saturated rings. The molecule has 2 aliphatic heterocycles. The van der Waals surface area contributed by atoms with E-state index in [4.69, 9.17) is 0 Å². The van der Waals surface area contributed by atoms with Gasteiger partial charge < -0.3 is 14.7 Å². The average molecular weight is 497 g/mol. The maximum absolute atomic E-state index is 13.1. The molecular formula is C25H35F3N4O3. The molecule has 194 valence electrons. The lowest BCUT2D eigenvalue weighted by Gasteiger charge is -2.34. The van der Waals surface area contributed by atoms with Gasteiger partial charge in [0.25, 0.3) is 5.91 Å². The molecule has 3 rings (SSSR count). The monoisotopic (exact) mass is 496 g/mol. The lowest BCUT2D eigenvalue weighted by Crippen LogP contribution is -2.45. The van der Waals surface area contributed by atoms with Crippen LogP contribution in [0.5, 0.6) is 0 Å². The Morgan fingerprint density at radius 2 is 1.51 bits per heavy atom. The van der Waals surface area contributed by atoms with Crippen LogP contribution in [-0.2, 0) is 15.8 Å². The average Bonchev–Trinajstić information content (AvgIpc) is 3.09. The van der Waals surface area contributed by atoms with E-state index in [9.17, 15) is 27.6 Å². The number of likely N-dealkylation sites (tertiary alicyclic amines) is 1. The molecule has 0 atom stereocenters. The van der Waals surface area contributed by atoms with Crippen LogP contribution in [0.15, 0.2) is 24.3 Å². The number of amides is 3. The maximum atomic E-state index is 13.1. The minimum absolute atomic E-state index is 0.0866. The van der Waals surface area contributed by atoms with Gasteiger partial charge in [0.2, 0.25) is 11.8 Å². The highest BCUT2D eigenvalue weighted by Crippen LogP contribution is 2.29. The Kier molecular flexibility index (Phi) is 9.15. The van der Waals surface area contributed by atoms with Crippen LogP contribution in [-0.4, -0.2) is 96.2 Å². The Labute approximate surface area is 204 Å². The zero-order chi connectivity index (χ0) is 25.6. The lowest BCUT2D eigenvalue weighted by molar-refractivity contribution is -0.138. The molecule has 35 heavy (non-hydrogen) atoms. The van der Waals surface area contributed by atoms with Crippen molar-refractivity contribution in [3.8, 4) is 0 Å². The third-order valence-electron chi connectivity index (χ3n) is 6.97. The largest absolute Gasteiger partial charge is 0.416 e. The number of piperidine rings is 1. The predicted octanol–water partition coefficient (Wildman–Crippen LogP) is 2.96. The molecule has 0 aromatic heterocycles. The smallest absolute Gasteiger partial charge is 0.342 e. The molecule has 0 aliphatic carbocycles. The molecule has 0 N–H and O–H groups in total. The zero-order valence-electron chi connectivity index (χ0n) is 20.5. The molecule has 0 saturated carbocycles. The molecule has 0 bridgehead atoms. The van der Waals surface area contributed by atoms with Crippen LogP contribution < -0.4 is 0 Å². The first-order chi connectivity index (χ1) is 16.6. The van der Waals surface area contributed by atoms with Crippen molar-refractivity contribution in [2.45, 2.75) is 39.3 Å². The number of benzene rings is 1. The molecule has 0 spiro atoms. The van der Waals surface area contributed by atoms with Crippen LogP contribution in [0.25, 0.3) is 0 Å². The molecule has 1 aromatic carbocycles. The van der Waals surface area contributed by atoms with E-state index in [0.29, 0.717) is 65.2 Å². The molecule has 2 aliphatic rings. The van der Waals surface area contributed by atoms with E-state index in [0.717, 1.165) is 25.1 Å². The first-order valence-electron chi connectivity index (χ1n) is 12.4. The van der Waals surface area contributed by atoms with Gasteiger partial charge in [-0.1, -0.05) is 0 Å². The van der Waals surface area contributed by atoms with Gasteiger partial charge in [0.1, 0.15) is 0 Å². The quantitative estimate of drug-likeness (QED) is 0.608. The summed E-state index contributed by atoms with van der Waals surface area (Å²) in [7, 11) is 0. The highest BCUT2D eigenvalue weighted by atomic mass is 19.4. The van der Waals surface area contributed by atoms with Crippen molar-refractivity contribution in [1.82, 2.24) is 19.6 Å². The van der Waals surface area contributed by atoms with Crippen molar-refractivity contribution >= 4 is 17.7 Å². The lowest BCUT2D eigenvalue weighted by atomic mass is 9.94. The molecular weight excluding hydrogens is 461 g/mol. The van der Waals surface area contributed by atoms with E-state index in [2.05, 4.69) is 4.90 Å². The number of carbonyl (C=O) groups excluding carboxylic acids is 3. The van der Waals surface area contributed by atoms with E-state index >= 15 is 0 Å². The van der Waals surface area contributed by atoms with Crippen molar-refractivity contribution in [3.05, 3.63) is 35.4 Å². The van der Waals surface area contributed by atoms with Gasteiger partial charge in [-0.05, 0) is 57.4 Å². The Morgan fingerprint density at radius 3 is 2.09 bits per heavy atom. The summed E-state index contributed by atoms with van der Waals surface area (Å²) >= 11 is 0. The summed E-state index contributed by atoms with van der Waals surface area (Å²) in [5.41, 5.74) is -0.568. The number of alkyl halides is 3. The van der Waals surface area contributed by atoms with Crippen molar-refractivity contribution in [1.29, 1.82) is 0 Å². The Morgan fingerprint density at radius 1 is 0.886 bits per heavy atom. The molecule has 10 heteroatoms. The van der Waals surface area contributed by atoms with Crippen LogP contribution in [0.2, 0.25) is 0 Å². The molecule has 3 amide bonds. The molecule has 2 heterocycles. The van der Waals surface area contributed by atoms with Crippen LogP contribution in [0.4, 0.5) is 13.2 Å². The van der Waals surface area contributed by atoms with Gasteiger partial charge in [-0.15, -0.1) is 0 Å². The third-order valence-corrected chi connectivity index (χ3v) is 6.97. The molecule has 2 saturated heterocycles. The summed E-state index contributed by atoms with van der Waals surface area (Å²) in [4.78, 5) is 45.7.